The molecule has 0 aromatic heterocycles. The van der Waals surface area contributed by atoms with E-state index < -0.39 is 41.9 Å². The number of nitrogens with one attached hydrogen (secondary N) is 2. The fourth-order valence-electron chi connectivity index (χ4n) is 1.25. The lowest BCUT2D eigenvalue weighted by atomic mass is 10.1. The van der Waals surface area contributed by atoms with Gasteiger partial charge < -0.3 is 26.6 Å². The zero-order valence-corrected chi connectivity index (χ0v) is 11.3. The van der Waals surface area contributed by atoms with E-state index in [2.05, 4.69) is 10.6 Å². The summed E-state index contributed by atoms with van der Waals surface area (Å²) in [6.07, 6.45) is -1.75. The van der Waals surface area contributed by atoms with Gasteiger partial charge in [0.15, 0.2) is 0 Å². The van der Waals surface area contributed by atoms with Crippen molar-refractivity contribution in [2.75, 3.05) is 0 Å². The van der Waals surface area contributed by atoms with E-state index in [1.165, 1.54) is 13.8 Å². The normalized spacial score (nSPS) is 14.8. The molecule has 0 fully saturated rings. The second-order valence-corrected chi connectivity index (χ2v) is 4.30. The van der Waals surface area contributed by atoms with Crippen LogP contribution in [-0.2, 0) is 19.2 Å². The highest BCUT2D eigenvalue weighted by Gasteiger charge is 2.24. The summed E-state index contributed by atoms with van der Waals surface area (Å²) in [5.74, 6) is -3.43. The minimum atomic E-state index is -1.27. The summed E-state index contributed by atoms with van der Waals surface area (Å²) in [5, 5.41) is 22.0. The van der Waals surface area contributed by atoms with Gasteiger partial charge in [-0.2, -0.15) is 0 Å². The Hall–Kier alpha value is -2.16. The summed E-state index contributed by atoms with van der Waals surface area (Å²) < 4.78 is 0. The van der Waals surface area contributed by atoms with E-state index in [0.717, 1.165) is 0 Å². The van der Waals surface area contributed by atoms with Gasteiger partial charge in [-0.25, -0.2) is 0 Å². The molecule has 3 atom stereocenters. The molecular formula is C11H19N3O6. The van der Waals surface area contributed by atoms with Crippen LogP contribution in [0.25, 0.3) is 0 Å². The maximum atomic E-state index is 11.7. The molecule has 0 aliphatic carbocycles. The average molecular weight is 289 g/mol. The van der Waals surface area contributed by atoms with E-state index in [1.54, 1.807) is 0 Å². The zero-order chi connectivity index (χ0) is 15.9. The van der Waals surface area contributed by atoms with Crippen LogP contribution in [-0.4, -0.2) is 52.1 Å². The molecule has 0 heterocycles. The van der Waals surface area contributed by atoms with Crippen LogP contribution in [0.4, 0.5) is 0 Å². The monoisotopic (exact) mass is 289 g/mol. The van der Waals surface area contributed by atoms with Gasteiger partial charge in [0.05, 0.1) is 0 Å². The summed E-state index contributed by atoms with van der Waals surface area (Å²) in [6.45, 7) is 2.59. The number of hydrogen-bond donors (Lipinski definition) is 5. The lowest BCUT2D eigenvalue weighted by molar-refractivity contribution is -0.138. The smallest absolute Gasteiger partial charge is 0.303 e. The Labute approximate surface area is 115 Å². The number of amides is 3. The molecule has 20 heavy (non-hydrogen) atoms. The van der Waals surface area contributed by atoms with E-state index in [0.29, 0.717) is 0 Å². The highest BCUT2D eigenvalue weighted by atomic mass is 16.4. The molecule has 0 aliphatic rings. The van der Waals surface area contributed by atoms with Crippen LogP contribution in [0.1, 0.15) is 26.7 Å². The van der Waals surface area contributed by atoms with Crippen molar-refractivity contribution < 1.29 is 29.4 Å². The first-order chi connectivity index (χ1) is 9.15. The molecule has 0 saturated heterocycles. The molecule has 1 unspecified atom stereocenters. The van der Waals surface area contributed by atoms with Gasteiger partial charge in [-0.3, -0.25) is 19.2 Å². The molecule has 6 N–H and O–H groups in total. The summed E-state index contributed by atoms with van der Waals surface area (Å²) in [7, 11) is 0. The molecule has 0 bridgehead atoms. The minimum Gasteiger partial charge on any atom is -0.481 e. The lowest BCUT2D eigenvalue weighted by Crippen LogP contribution is -2.53. The minimum absolute atomic E-state index is 0.145. The van der Waals surface area contributed by atoms with Crippen molar-refractivity contribution in [3.05, 3.63) is 0 Å². The van der Waals surface area contributed by atoms with Gasteiger partial charge in [0.25, 0.3) is 0 Å². The molecule has 0 radical (unpaired) electrons. The predicted octanol–water partition coefficient (Wildman–Crippen LogP) is -2.29. The average Bonchev–Trinajstić information content (AvgIpc) is 2.32. The summed E-state index contributed by atoms with van der Waals surface area (Å²) >= 11 is 0. The number of aliphatic hydroxyl groups is 1. The van der Waals surface area contributed by atoms with Gasteiger partial charge in [0.2, 0.25) is 17.7 Å². The third-order valence-corrected chi connectivity index (χ3v) is 2.44. The van der Waals surface area contributed by atoms with Crippen LogP contribution < -0.4 is 16.4 Å². The number of hydrogen-bond acceptors (Lipinski definition) is 5. The maximum Gasteiger partial charge on any atom is 0.303 e. The fourth-order valence-corrected chi connectivity index (χ4v) is 1.25. The Morgan fingerprint density at radius 2 is 1.65 bits per heavy atom. The summed E-state index contributed by atoms with van der Waals surface area (Å²) in [6, 6.07) is -2.13. The topological polar surface area (TPSA) is 159 Å². The molecule has 0 spiro atoms. The van der Waals surface area contributed by atoms with Crippen LogP contribution in [0.15, 0.2) is 0 Å². The Kier molecular flexibility index (Phi) is 7.22. The molecule has 9 heteroatoms. The second-order valence-electron chi connectivity index (χ2n) is 4.30. The van der Waals surface area contributed by atoms with E-state index in [4.69, 9.17) is 15.9 Å². The van der Waals surface area contributed by atoms with Crippen molar-refractivity contribution in [3.63, 3.8) is 0 Å². The van der Waals surface area contributed by atoms with Crippen LogP contribution in [0, 0.1) is 0 Å². The van der Waals surface area contributed by atoms with Gasteiger partial charge >= 0.3 is 5.97 Å². The van der Waals surface area contributed by atoms with Crippen molar-refractivity contribution in [1.82, 2.24) is 10.6 Å². The van der Waals surface area contributed by atoms with Crippen molar-refractivity contribution >= 4 is 23.7 Å². The number of carbonyl (C=O) groups is 4. The van der Waals surface area contributed by atoms with Gasteiger partial charge in [-0.1, -0.05) is 0 Å². The predicted molar refractivity (Wildman–Crippen MR) is 67.3 cm³/mol. The van der Waals surface area contributed by atoms with Crippen LogP contribution in [0.2, 0.25) is 0 Å². The van der Waals surface area contributed by atoms with Gasteiger partial charge in [0.1, 0.15) is 18.2 Å². The van der Waals surface area contributed by atoms with Crippen molar-refractivity contribution in [1.29, 1.82) is 0 Å². The number of primary amides is 1. The number of carboxylic acid groups (broad SMARTS) is 1. The molecule has 0 aromatic rings. The first-order valence-corrected chi connectivity index (χ1v) is 5.95. The molecule has 114 valence electrons. The van der Waals surface area contributed by atoms with Crippen molar-refractivity contribution in [3.8, 4) is 0 Å². The van der Waals surface area contributed by atoms with Crippen molar-refractivity contribution in [2.45, 2.75) is 44.9 Å². The first-order valence-electron chi connectivity index (χ1n) is 5.95. The largest absolute Gasteiger partial charge is 0.481 e. The van der Waals surface area contributed by atoms with Crippen LogP contribution in [0.3, 0.4) is 0 Å². The number of aliphatic hydroxyl groups excluding tert-OH is 1. The molecule has 9 nitrogen and oxygen atoms in total. The van der Waals surface area contributed by atoms with E-state index in [9.17, 15) is 19.2 Å². The number of carbonyl (C=O) groups excluding carboxylic acids is 3. The highest BCUT2D eigenvalue weighted by molar-refractivity contribution is 5.92. The number of nitrogens with two attached hydrogens (primary N) is 1. The van der Waals surface area contributed by atoms with Gasteiger partial charge in [-0.15, -0.1) is 0 Å². The van der Waals surface area contributed by atoms with Gasteiger partial charge in [0, 0.05) is 6.42 Å². The molecular weight excluding hydrogens is 270 g/mol. The van der Waals surface area contributed by atoms with E-state index >= 15 is 0 Å². The number of aliphatic carboxylic acids is 1. The third kappa shape index (κ3) is 6.69. The maximum absolute atomic E-state index is 11.7. The molecule has 0 rings (SSSR count). The Balaban J connectivity index is 4.48. The molecule has 0 aromatic carbocycles. The SMILES string of the molecule is CC(O)C(=O)N[C@@H](C)C(=O)N[C@@H](CCC(=O)O)C(N)=O. The summed E-state index contributed by atoms with van der Waals surface area (Å²) in [4.78, 5) is 44.4. The highest BCUT2D eigenvalue weighted by Crippen LogP contribution is 1.98. The van der Waals surface area contributed by atoms with E-state index in [1.807, 2.05) is 0 Å². The Bertz CT molecular complexity index is 396. The van der Waals surface area contributed by atoms with Crippen LogP contribution >= 0.6 is 0 Å². The zero-order valence-electron chi connectivity index (χ0n) is 11.3. The first kappa shape index (κ1) is 17.8. The fraction of sp³-hybridized carbons (Fsp3) is 0.636. The second kappa shape index (κ2) is 8.10. The van der Waals surface area contributed by atoms with Crippen molar-refractivity contribution in [2.24, 2.45) is 5.73 Å². The van der Waals surface area contributed by atoms with E-state index in [-0.39, 0.29) is 12.8 Å². The lowest BCUT2D eigenvalue weighted by Gasteiger charge is -2.19. The standard InChI is InChI=1S/C11H19N3O6/c1-5(13-11(20)6(2)15)10(19)14-7(9(12)18)3-4-8(16)17/h5-7,15H,3-4H2,1-2H3,(H2,12,18)(H,13,20)(H,14,19)(H,16,17)/t5-,6?,7-/m0/s1. The molecule has 0 saturated carbocycles. The number of carboxylic acids is 1. The quantitative estimate of drug-likeness (QED) is 0.338. The number of rotatable bonds is 8. The van der Waals surface area contributed by atoms with Crippen LogP contribution in [0.5, 0.6) is 0 Å². The Morgan fingerprint density at radius 1 is 1.10 bits per heavy atom. The molecule has 0 aliphatic heterocycles. The molecule has 3 amide bonds. The summed E-state index contributed by atoms with van der Waals surface area (Å²) in [5.41, 5.74) is 5.05. The third-order valence-electron chi connectivity index (χ3n) is 2.44. The van der Waals surface area contributed by atoms with Gasteiger partial charge in [-0.05, 0) is 20.3 Å². The Morgan fingerprint density at radius 3 is 2.05 bits per heavy atom.